The number of hydrogen-bond donors (Lipinski definition) is 3. The predicted octanol–water partition coefficient (Wildman–Crippen LogP) is 2.58. The molecule has 0 fully saturated rings. The number of thioether (sulfide) groups is 1. The van der Waals surface area contributed by atoms with Crippen LogP contribution in [0.3, 0.4) is 0 Å². The van der Waals surface area contributed by atoms with Crippen molar-refractivity contribution in [3.8, 4) is 0 Å². The summed E-state index contributed by atoms with van der Waals surface area (Å²) in [7, 11) is 0. The lowest BCUT2D eigenvalue weighted by Gasteiger charge is -2.19. The van der Waals surface area contributed by atoms with Crippen LogP contribution < -0.4 is 17.0 Å². The fourth-order valence-electron chi connectivity index (χ4n) is 2.15. The number of hydrogen-bond acceptors (Lipinski definition) is 5. The lowest BCUT2D eigenvalue weighted by atomic mass is 10.0. The Hall–Kier alpha value is -1.56. The highest BCUT2D eigenvalue weighted by Crippen LogP contribution is 2.29. The predicted molar refractivity (Wildman–Crippen MR) is 85.4 cm³/mol. The maximum absolute atomic E-state index is 5.98. The Morgan fingerprint density at radius 3 is 2.60 bits per heavy atom. The second-order valence-corrected chi connectivity index (χ2v) is 5.78. The number of benzene rings is 1. The first kappa shape index (κ1) is 14.8. The van der Waals surface area contributed by atoms with Gasteiger partial charge in [-0.2, -0.15) is 0 Å². The first-order chi connectivity index (χ1) is 9.63. The van der Waals surface area contributed by atoms with E-state index in [4.69, 9.17) is 11.6 Å². The lowest BCUT2D eigenvalue weighted by Crippen LogP contribution is -2.31. The van der Waals surface area contributed by atoms with E-state index in [1.54, 1.807) is 18.0 Å². The maximum Gasteiger partial charge on any atom is 0.128 e. The van der Waals surface area contributed by atoms with E-state index in [0.29, 0.717) is 5.82 Å². The van der Waals surface area contributed by atoms with Gasteiger partial charge in [0.05, 0.1) is 6.04 Å². The topological polar surface area (TPSA) is 77.0 Å². The first-order valence-corrected chi connectivity index (χ1v) is 7.47. The van der Waals surface area contributed by atoms with Crippen LogP contribution in [0.5, 0.6) is 0 Å². The van der Waals surface area contributed by atoms with Crippen LogP contribution in [0.15, 0.2) is 41.4 Å². The van der Waals surface area contributed by atoms with Crippen LogP contribution in [0.4, 0.5) is 5.82 Å². The summed E-state index contributed by atoms with van der Waals surface area (Å²) in [5.41, 5.74) is 12.2. The minimum Gasteiger partial charge on any atom is -0.383 e. The third-order valence-corrected chi connectivity index (χ3v) is 4.56. The zero-order chi connectivity index (χ0) is 14.5. The normalized spacial score (nSPS) is 12.3. The molecule has 5 N–H and O–H groups in total. The molecule has 0 saturated carbocycles. The van der Waals surface area contributed by atoms with Crippen LogP contribution in [0.1, 0.15) is 22.7 Å². The molecule has 0 aliphatic rings. The first-order valence-electron chi connectivity index (χ1n) is 6.49. The van der Waals surface area contributed by atoms with Gasteiger partial charge in [0, 0.05) is 22.4 Å². The number of pyridine rings is 1. The van der Waals surface area contributed by atoms with E-state index in [2.05, 4.69) is 29.5 Å². The third kappa shape index (κ3) is 3.30. The number of aromatic nitrogens is 1. The molecule has 0 aliphatic carbocycles. The van der Waals surface area contributed by atoms with E-state index >= 15 is 0 Å². The molecule has 20 heavy (non-hydrogen) atoms. The highest BCUT2D eigenvalue weighted by Gasteiger charge is 2.16. The number of nitrogens with one attached hydrogen (secondary N) is 1. The molecule has 4 nitrogen and oxygen atoms in total. The lowest BCUT2D eigenvalue weighted by molar-refractivity contribution is 0.607. The van der Waals surface area contributed by atoms with Gasteiger partial charge in [-0.15, -0.1) is 11.8 Å². The highest BCUT2D eigenvalue weighted by atomic mass is 32.2. The quantitative estimate of drug-likeness (QED) is 0.448. The monoisotopic (exact) mass is 288 g/mol. The van der Waals surface area contributed by atoms with Crippen LogP contribution >= 0.6 is 11.8 Å². The van der Waals surface area contributed by atoms with Crippen molar-refractivity contribution in [2.45, 2.75) is 24.8 Å². The van der Waals surface area contributed by atoms with Crippen molar-refractivity contribution in [3.63, 3.8) is 0 Å². The van der Waals surface area contributed by atoms with Crippen molar-refractivity contribution in [1.82, 2.24) is 10.4 Å². The molecule has 0 saturated heterocycles. The molecule has 0 radical (unpaired) electrons. The Labute approximate surface area is 123 Å². The summed E-state index contributed by atoms with van der Waals surface area (Å²) in [4.78, 5) is 5.41. The van der Waals surface area contributed by atoms with Crippen LogP contribution in [0.25, 0.3) is 0 Å². The molecule has 1 heterocycles. The molecular weight excluding hydrogens is 268 g/mol. The van der Waals surface area contributed by atoms with Crippen LogP contribution in [0.2, 0.25) is 0 Å². The summed E-state index contributed by atoms with van der Waals surface area (Å²) in [6.45, 7) is 4.13. The molecule has 1 aromatic heterocycles. The molecule has 1 unspecified atom stereocenters. The highest BCUT2D eigenvalue weighted by molar-refractivity contribution is 7.99. The fourth-order valence-corrected chi connectivity index (χ4v) is 3.23. The van der Waals surface area contributed by atoms with E-state index in [0.717, 1.165) is 16.9 Å². The van der Waals surface area contributed by atoms with Gasteiger partial charge in [-0.05, 0) is 37.1 Å². The largest absolute Gasteiger partial charge is 0.383 e. The molecule has 1 aromatic carbocycles. The van der Waals surface area contributed by atoms with E-state index in [9.17, 15) is 0 Å². The summed E-state index contributed by atoms with van der Waals surface area (Å²) in [5.74, 6) is 7.04. The summed E-state index contributed by atoms with van der Waals surface area (Å²) in [5, 5.41) is 0. The van der Waals surface area contributed by atoms with Crippen molar-refractivity contribution in [3.05, 3.63) is 53.2 Å². The van der Waals surface area contributed by atoms with Crippen molar-refractivity contribution in [2.24, 2.45) is 5.84 Å². The summed E-state index contributed by atoms with van der Waals surface area (Å²) >= 11 is 1.77. The molecule has 0 aliphatic heterocycles. The Morgan fingerprint density at radius 1 is 1.20 bits per heavy atom. The number of anilines is 1. The van der Waals surface area contributed by atoms with E-state index in [-0.39, 0.29) is 6.04 Å². The minimum absolute atomic E-state index is 0.0201. The van der Waals surface area contributed by atoms with Gasteiger partial charge in [-0.3, -0.25) is 11.3 Å². The van der Waals surface area contributed by atoms with E-state index in [1.165, 1.54) is 10.5 Å². The van der Waals surface area contributed by atoms with Gasteiger partial charge in [0.1, 0.15) is 5.82 Å². The van der Waals surface area contributed by atoms with Gasteiger partial charge in [-0.1, -0.05) is 18.2 Å². The second-order valence-electron chi connectivity index (χ2n) is 4.72. The van der Waals surface area contributed by atoms with Crippen LogP contribution in [0, 0.1) is 13.8 Å². The molecule has 2 aromatic rings. The smallest absolute Gasteiger partial charge is 0.128 e. The fraction of sp³-hybridized carbons (Fsp3) is 0.267. The van der Waals surface area contributed by atoms with Crippen molar-refractivity contribution in [2.75, 3.05) is 11.5 Å². The number of nitrogens with zero attached hydrogens (tertiary/aromatic N) is 1. The number of nitrogens with two attached hydrogens (primary N) is 2. The summed E-state index contributed by atoms with van der Waals surface area (Å²) in [6, 6.07) is 10.2. The Kier molecular flexibility index (Phi) is 5.00. The standard InChI is InChI=1S/C15H20N4S/c1-10-5-3-4-6-13(10)20-9-12(19-17)14-11(2)7-8-18-15(14)16/h3-8,12,19H,9,17H2,1-2H3,(H2,16,18). The van der Waals surface area contributed by atoms with Crippen molar-refractivity contribution < 1.29 is 0 Å². The number of rotatable bonds is 5. The Balaban J connectivity index is 2.16. The number of aryl methyl sites for hydroxylation is 2. The molecule has 0 spiro atoms. The minimum atomic E-state index is -0.0201. The number of nitrogen functional groups attached to an aromatic ring is 1. The average molecular weight is 288 g/mol. The zero-order valence-electron chi connectivity index (χ0n) is 11.8. The molecule has 0 bridgehead atoms. The summed E-state index contributed by atoms with van der Waals surface area (Å²) < 4.78 is 0. The van der Waals surface area contributed by atoms with Crippen molar-refractivity contribution >= 4 is 17.6 Å². The van der Waals surface area contributed by atoms with E-state index < -0.39 is 0 Å². The third-order valence-electron chi connectivity index (χ3n) is 3.29. The Bertz CT molecular complexity index is 566. The van der Waals surface area contributed by atoms with Gasteiger partial charge in [0.15, 0.2) is 0 Å². The summed E-state index contributed by atoms with van der Waals surface area (Å²) in [6.07, 6.45) is 1.72. The van der Waals surface area contributed by atoms with Gasteiger partial charge in [0.25, 0.3) is 0 Å². The van der Waals surface area contributed by atoms with Gasteiger partial charge >= 0.3 is 0 Å². The van der Waals surface area contributed by atoms with Gasteiger partial charge in [0.2, 0.25) is 0 Å². The van der Waals surface area contributed by atoms with Gasteiger partial charge < -0.3 is 5.73 Å². The SMILES string of the molecule is Cc1ccccc1SCC(NN)c1c(C)ccnc1N. The molecule has 106 valence electrons. The molecule has 5 heteroatoms. The Morgan fingerprint density at radius 2 is 1.95 bits per heavy atom. The van der Waals surface area contributed by atoms with E-state index in [1.807, 2.05) is 25.1 Å². The zero-order valence-corrected chi connectivity index (χ0v) is 12.6. The van der Waals surface area contributed by atoms with Crippen LogP contribution in [-0.4, -0.2) is 10.7 Å². The second kappa shape index (κ2) is 6.74. The maximum atomic E-state index is 5.98. The van der Waals surface area contributed by atoms with Gasteiger partial charge in [-0.25, -0.2) is 4.98 Å². The average Bonchev–Trinajstić information content (AvgIpc) is 2.43. The van der Waals surface area contributed by atoms with Crippen LogP contribution in [-0.2, 0) is 0 Å². The molecule has 1 atom stereocenters. The molecule has 2 rings (SSSR count). The number of hydrazine groups is 1. The molecular formula is C15H20N4S. The van der Waals surface area contributed by atoms with Crippen molar-refractivity contribution in [1.29, 1.82) is 0 Å². The molecule has 0 amide bonds.